The molecule has 0 saturated carbocycles. The van der Waals surface area contributed by atoms with E-state index in [-0.39, 0.29) is 23.7 Å². The van der Waals surface area contributed by atoms with Crippen LogP contribution in [0.2, 0.25) is 0 Å². The van der Waals surface area contributed by atoms with Gasteiger partial charge in [0, 0.05) is 12.6 Å². The highest BCUT2D eigenvalue weighted by molar-refractivity contribution is 5.79. The second-order valence-electron chi connectivity index (χ2n) is 5.05. The fourth-order valence-corrected chi connectivity index (χ4v) is 2.31. The second-order valence-corrected chi connectivity index (χ2v) is 5.05. The minimum atomic E-state index is -0.288. The molecule has 1 fully saturated rings. The molecule has 0 bridgehead atoms. The van der Waals surface area contributed by atoms with Crippen LogP contribution in [0.15, 0.2) is 24.3 Å². The van der Waals surface area contributed by atoms with Gasteiger partial charge in [-0.2, -0.15) is 0 Å². The lowest BCUT2D eigenvalue weighted by Gasteiger charge is -2.18. The normalized spacial score (nSPS) is 21.9. The number of halogens is 1. The maximum atomic E-state index is 13.1. The van der Waals surface area contributed by atoms with Crippen LogP contribution in [0.1, 0.15) is 18.9 Å². The van der Waals surface area contributed by atoms with E-state index in [2.05, 4.69) is 17.6 Å². The topological polar surface area (TPSA) is 50.4 Å². The standard InChI is InChI=1S/C15H21FN2O2/c1-2-6-17-14-10-20-9-13(14)15(19)18-8-11-4-3-5-12(16)7-11/h3-5,7,13-14,17H,2,6,8-10H2,1H3,(H,18,19). The number of hydrogen-bond acceptors (Lipinski definition) is 3. The molecule has 0 spiro atoms. The Hall–Kier alpha value is -1.46. The Bertz CT molecular complexity index is 453. The zero-order valence-electron chi connectivity index (χ0n) is 11.7. The summed E-state index contributed by atoms with van der Waals surface area (Å²) >= 11 is 0. The Morgan fingerprint density at radius 1 is 1.45 bits per heavy atom. The summed E-state index contributed by atoms with van der Waals surface area (Å²) in [5.74, 6) is -0.501. The van der Waals surface area contributed by atoms with Crippen molar-refractivity contribution < 1.29 is 13.9 Å². The molecule has 1 aliphatic rings. The zero-order chi connectivity index (χ0) is 14.4. The number of nitrogens with one attached hydrogen (secondary N) is 2. The van der Waals surface area contributed by atoms with Crippen molar-refractivity contribution in [2.75, 3.05) is 19.8 Å². The van der Waals surface area contributed by atoms with E-state index in [1.165, 1.54) is 12.1 Å². The van der Waals surface area contributed by atoms with E-state index in [4.69, 9.17) is 4.74 Å². The summed E-state index contributed by atoms with van der Waals surface area (Å²) in [5.41, 5.74) is 0.760. The molecule has 2 rings (SSSR count). The molecular formula is C15H21FN2O2. The summed E-state index contributed by atoms with van der Waals surface area (Å²) in [4.78, 5) is 12.2. The van der Waals surface area contributed by atoms with E-state index >= 15 is 0 Å². The minimum absolute atomic E-state index is 0.0413. The van der Waals surface area contributed by atoms with E-state index in [0.717, 1.165) is 18.5 Å². The predicted molar refractivity (Wildman–Crippen MR) is 74.6 cm³/mol. The van der Waals surface area contributed by atoms with E-state index in [1.54, 1.807) is 12.1 Å². The Morgan fingerprint density at radius 2 is 2.30 bits per heavy atom. The van der Waals surface area contributed by atoms with Crippen LogP contribution in [0.4, 0.5) is 4.39 Å². The summed E-state index contributed by atoms with van der Waals surface area (Å²) in [7, 11) is 0. The molecular weight excluding hydrogens is 259 g/mol. The zero-order valence-corrected chi connectivity index (χ0v) is 11.7. The first-order chi connectivity index (χ1) is 9.70. The van der Waals surface area contributed by atoms with Crippen LogP contribution >= 0.6 is 0 Å². The van der Waals surface area contributed by atoms with Crippen LogP contribution in [-0.4, -0.2) is 31.7 Å². The molecule has 1 heterocycles. The summed E-state index contributed by atoms with van der Waals surface area (Å²) in [6, 6.07) is 6.32. The van der Waals surface area contributed by atoms with E-state index in [9.17, 15) is 9.18 Å². The molecule has 1 aromatic rings. The minimum Gasteiger partial charge on any atom is -0.379 e. The highest BCUT2D eigenvalue weighted by Gasteiger charge is 2.33. The van der Waals surface area contributed by atoms with Crippen LogP contribution in [0.3, 0.4) is 0 Å². The molecule has 1 amide bonds. The first-order valence-electron chi connectivity index (χ1n) is 7.04. The third-order valence-corrected chi connectivity index (χ3v) is 3.43. The lowest BCUT2D eigenvalue weighted by Crippen LogP contribution is -2.44. The van der Waals surface area contributed by atoms with E-state index in [0.29, 0.717) is 19.8 Å². The Labute approximate surface area is 118 Å². The molecule has 0 aliphatic carbocycles. The smallest absolute Gasteiger partial charge is 0.227 e. The van der Waals surface area contributed by atoms with Gasteiger partial charge in [-0.1, -0.05) is 19.1 Å². The van der Waals surface area contributed by atoms with Crippen molar-refractivity contribution in [1.29, 1.82) is 0 Å². The number of ether oxygens (including phenoxy) is 1. The summed E-state index contributed by atoms with van der Waals surface area (Å²) in [5, 5.41) is 6.17. The maximum Gasteiger partial charge on any atom is 0.227 e. The Kier molecular flexibility index (Phi) is 5.49. The maximum absolute atomic E-state index is 13.1. The largest absolute Gasteiger partial charge is 0.379 e. The fourth-order valence-electron chi connectivity index (χ4n) is 2.31. The van der Waals surface area contributed by atoms with Crippen LogP contribution in [0.5, 0.6) is 0 Å². The lowest BCUT2D eigenvalue weighted by atomic mass is 10.0. The second kappa shape index (κ2) is 7.36. The first kappa shape index (κ1) is 14.9. The molecule has 1 saturated heterocycles. The van der Waals surface area contributed by atoms with Gasteiger partial charge in [-0.25, -0.2) is 4.39 Å². The number of carbonyl (C=O) groups is 1. The van der Waals surface area contributed by atoms with Gasteiger partial charge in [-0.15, -0.1) is 0 Å². The predicted octanol–water partition coefficient (Wildman–Crippen LogP) is 1.46. The number of amides is 1. The number of benzene rings is 1. The van der Waals surface area contributed by atoms with Gasteiger partial charge < -0.3 is 15.4 Å². The molecule has 1 aromatic carbocycles. The molecule has 5 heteroatoms. The van der Waals surface area contributed by atoms with Gasteiger partial charge in [0.2, 0.25) is 5.91 Å². The Balaban J connectivity index is 1.84. The molecule has 110 valence electrons. The van der Waals surface area contributed by atoms with E-state index < -0.39 is 0 Å². The number of carbonyl (C=O) groups excluding carboxylic acids is 1. The molecule has 1 aliphatic heterocycles. The van der Waals surface area contributed by atoms with Crippen LogP contribution in [-0.2, 0) is 16.1 Å². The molecule has 4 nitrogen and oxygen atoms in total. The molecule has 20 heavy (non-hydrogen) atoms. The molecule has 2 N–H and O–H groups in total. The third kappa shape index (κ3) is 4.02. The lowest BCUT2D eigenvalue weighted by molar-refractivity contribution is -0.125. The summed E-state index contributed by atoms with van der Waals surface area (Å²) < 4.78 is 18.4. The van der Waals surface area contributed by atoms with Crippen molar-refractivity contribution in [2.24, 2.45) is 5.92 Å². The van der Waals surface area contributed by atoms with E-state index in [1.807, 2.05) is 0 Å². The average molecular weight is 280 g/mol. The van der Waals surface area contributed by atoms with Crippen molar-refractivity contribution in [3.8, 4) is 0 Å². The van der Waals surface area contributed by atoms with Gasteiger partial charge in [0.1, 0.15) is 5.82 Å². The van der Waals surface area contributed by atoms with Crippen molar-refractivity contribution in [3.05, 3.63) is 35.6 Å². The van der Waals surface area contributed by atoms with Crippen LogP contribution in [0, 0.1) is 11.7 Å². The number of rotatable bonds is 6. The summed E-state index contributed by atoms with van der Waals surface area (Å²) in [6.07, 6.45) is 1.02. The molecule has 2 atom stereocenters. The van der Waals surface area contributed by atoms with Crippen LogP contribution in [0.25, 0.3) is 0 Å². The monoisotopic (exact) mass is 280 g/mol. The highest BCUT2D eigenvalue weighted by atomic mass is 19.1. The van der Waals surface area contributed by atoms with Crippen molar-refractivity contribution >= 4 is 5.91 Å². The fraction of sp³-hybridized carbons (Fsp3) is 0.533. The Morgan fingerprint density at radius 3 is 3.05 bits per heavy atom. The molecule has 2 unspecified atom stereocenters. The third-order valence-electron chi connectivity index (χ3n) is 3.43. The average Bonchev–Trinajstić information content (AvgIpc) is 2.91. The van der Waals surface area contributed by atoms with Crippen molar-refractivity contribution in [1.82, 2.24) is 10.6 Å². The van der Waals surface area contributed by atoms with Gasteiger partial charge >= 0.3 is 0 Å². The first-order valence-corrected chi connectivity index (χ1v) is 7.04. The molecule has 0 radical (unpaired) electrons. The molecule has 0 aromatic heterocycles. The summed E-state index contributed by atoms with van der Waals surface area (Å²) in [6.45, 7) is 4.31. The van der Waals surface area contributed by atoms with Crippen molar-refractivity contribution in [3.63, 3.8) is 0 Å². The SMILES string of the molecule is CCCNC1COCC1C(=O)NCc1cccc(F)c1. The van der Waals surface area contributed by atoms with Crippen molar-refractivity contribution in [2.45, 2.75) is 25.9 Å². The quantitative estimate of drug-likeness (QED) is 0.829. The van der Waals surface area contributed by atoms with Gasteiger partial charge in [0.25, 0.3) is 0 Å². The van der Waals surface area contributed by atoms with Gasteiger partial charge in [-0.05, 0) is 30.7 Å². The van der Waals surface area contributed by atoms with Gasteiger partial charge in [0.15, 0.2) is 0 Å². The van der Waals surface area contributed by atoms with Gasteiger partial charge in [0.05, 0.1) is 19.1 Å². The van der Waals surface area contributed by atoms with Gasteiger partial charge in [-0.3, -0.25) is 4.79 Å². The van der Waals surface area contributed by atoms with Crippen LogP contribution < -0.4 is 10.6 Å². The number of hydrogen-bond donors (Lipinski definition) is 2. The highest BCUT2D eigenvalue weighted by Crippen LogP contribution is 2.14.